The van der Waals surface area contributed by atoms with Gasteiger partial charge in [0.15, 0.2) is 5.69 Å². The number of hydrogen-bond donors (Lipinski definition) is 2. The summed E-state index contributed by atoms with van der Waals surface area (Å²) in [6, 6.07) is 9.79. The summed E-state index contributed by atoms with van der Waals surface area (Å²) in [4.78, 5) is 26.6. The zero-order chi connectivity index (χ0) is 27.0. The third-order valence-electron chi connectivity index (χ3n) is 7.31. The highest BCUT2D eigenvalue weighted by Crippen LogP contribution is 2.25. The molecule has 2 saturated heterocycles. The molecular weight excluding hydrogens is 490 g/mol. The number of aliphatic imine (C=N–C) groups is 1. The van der Waals surface area contributed by atoms with Crippen LogP contribution in [0.4, 0.5) is 5.69 Å². The number of fused-ring (bicyclic) bond motifs is 1. The molecule has 0 bridgehead atoms. The van der Waals surface area contributed by atoms with Gasteiger partial charge in [0.25, 0.3) is 5.91 Å². The second kappa shape index (κ2) is 12.9. The first-order chi connectivity index (χ1) is 19.1. The molecule has 2 fully saturated rings. The van der Waals surface area contributed by atoms with E-state index in [0.717, 1.165) is 91.5 Å². The Morgan fingerprint density at radius 1 is 1.13 bits per heavy atom. The van der Waals surface area contributed by atoms with E-state index in [4.69, 9.17) is 4.74 Å². The summed E-state index contributed by atoms with van der Waals surface area (Å²) in [6.45, 7) is 12.8. The summed E-state index contributed by atoms with van der Waals surface area (Å²) in [5.41, 5.74) is 6.03. The number of nitrogens with zero attached hydrogens (tertiary/aromatic N) is 5. The van der Waals surface area contributed by atoms with Gasteiger partial charge in [0.05, 0.1) is 24.4 Å². The second-order valence-electron chi connectivity index (χ2n) is 10.3. The molecule has 0 saturated carbocycles. The maximum absolute atomic E-state index is 13.3. The summed E-state index contributed by atoms with van der Waals surface area (Å²) >= 11 is 0. The number of aromatic amines is 1. The molecule has 204 valence electrons. The Hall–Kier alpha value is -3.66. The summed E-state index contributed by atoms with van der Waals surface area (Å²) in [5, 5.41) is 11.1. The van der Waals surface area contributed by atoms with Gasteiger partial charge in [0.1, 0.15) is 0 Å². The van der Waals surface area contributed by atoms with Crippen molar-refractivity contribution < 1.29 is 9.53 Å². The number of amides is 1. The van der Waals surface area contributed by atoms with Gasteiger partial charge < -0.3 is 10.1 Å². The van der Waals surface area contributed by atoms with Gasteiger partial charge in [-0.05, 0) is 80.5 Å². The number of likely N-dealkylation sites (tertiary alicyclic amines) is 1. The van der Waals surface area contributed by atoms with E-state index in [1.807, 2.05) is 36.5 Å². The van der Waals surface area contributed by atoms with Crippen molar-refractivity contribution in [3.8, 4) is 0 Å². The number of hydrogen-bond acceptors (Lipinski definition) is 7. The number of carbonyl (C=O) groups is 1. The predicted molar refractivity (Wildman–Crippen MR) is 156 cm³/mol. The Bertz CT molecular complexity index is 1360. The lowest BCUT2D eigenvalue weighted by Crippen LogP contribution is -2.37. The van der Waals surface area contributed by atoms with Gasteiger partial charge in [-0.25, -0.2) is 0 Å². The van der Waals surface area contributed by atoms with E-state index in [1.54, 1.807) is 6.20 Å². The van der Waals surface area contributed by atoms with E-state index in [-0.39, 0.29) is 5.91 Å². The molecule has 0 spiro atoms. The lowest BCUT2D eigenvalue weighted by atomic mass is 10.0. The Morgan fingerprint density at radius 2 is 1.95 bits per heavy atom. The number of ether oxygens (including phenoxy) is 1. The third-order valence-corrected chi connectivity index (χ3v) is 7.31. The van der Waals surface area contributed by atoms with Crippen LogP contribution in [0, 0.1) is 0 Å². The number of H-pyrrole nitrogens is 1. The van der Waals surface area contributed by atoms with Crippen molar-refractivity contribution in [2.24, 2.45) is 4.99 Å². The van der Waals surface area contributed by atoms with E-state index >= 15 is 0 Å². The molecule has 1 amide bonds. The monoisotopic (exact) mass is 527 g/mol. The molecule has 0 atom stereocenters. The van der Waals surface area contributed by atoms with Crippen LogP contribution in [0.3, 0.4) is 0 Å². The van der Waals surface area contributed by atoms with Crippen molar-refractivity contribution in [1.29, 1.82) is 0 Å². The Labute approximate surface area is 229 Å². The first-order valence-corrected chi connectivity index (χ1v) is 13.7. The minimum Gasteiger partial charge on any atom is -0.379 e. The molecule has 4 heterocycles. The van der Waals surface area contributed by atoms with Crippen molar-refractivity contribution in [3.63, 3.8) is 0 Å². The van der Waals surface area contributed by atoms with Gasteiger partial charge in [-0.2, -0.15) is 5.10 Å². The molecule has 39 heavy (non-hydrogen) atoms. The SMILES string of the molecule is C=N/C=C(\C=C(/C)c1ccc2[nH]nc(C(=O)Nc3ccnc(CN4CCCCC4)c3)c2c1)CN1CCOCC1. The number of benzene rings is 1. The van der Waals surface area contributed by atoms with Gasteiger partial charge in [0, 0.05) is 49.6 Å². The molecule has 2 aliphatic rings. The minimum absolute atomic E-state index is 0.251. The van der Waals surface area contributed by atoms with Crippen LogP contribution in [0.1, 0.15) is 47.9 Å². The summed E-state index contributed by atoms with van der Waals surface area (Å²) in [5.74, 6) is -0.251. The largest absolute Gasteiger partial charge is 0.379 e. The first kappa shape index (κ1) is 26.9. The first-order valence-electron chi connectivity index (χ1n) is 13.7. The fourth-order valence-electron chi connectivity index (χ4n) is 5.23. The third kappa shape index (κ3) is 7.06. The van der Waals surface area contributed by atoms with Gasteiger partial charge in [-0.15, -0.1) is 0 Å². The quantitative estimate of drug-likeness (QED) is 0.314. The van der Waals surface area contributed by atoms with Crippen molar-refractivity contribution in [3.05, 3.63) is 71.3 Å². The number of piperidine rings is 1. The predicted octanol–water partition coefficient (Wildman–Crippen LogP) is 4.52. The second-order valence-corrected chi connectivity index (χ2v) is 10.3. The molecule has 1 aromatic carbocycles. The maximum atomic E-state index is 13.3. The van der Waals surface area contributed by atoms with Crippen molar-refractivity contribution in [2.75, 3.05) is 51.3 Å². The molecule has 3 aromatic rings. The molecule has 0 unspecified atom stereocenters. The fourth-order valence-corrected chi connectivity index (χ4v) is 5.23. The van der Waals surface area contributed by atoms with Crippen LogP contribution in [-0.2, 0) is 11.3 Å². The van der Waals surface area contributed by atoms with Crippen LogP contribution in [-0.4, -0.2) is 83.5 Å². The van der Waals surface area contributed by atoms with E-state index in [1.165, 1.54) is 19.3 Å². The number of nitrogens with one attached hydrogen (secondary N) is 2. The van der Waals surface area contributed by atoms with Crippen LogP contribution in [0.2, 0.25) is 0 Å². The average molecular weight is 528 g/mol. The average Bonchev–Trinajstić information content (AvgIpc) is 3.38. The normalized spacial score (nSPS) is 17.9. The Morgan fingerprint density at radius 3 is 2.74 bits per heavy atom. The molecule has 5 rings (SSSR count). The molecule has 9 nitrogen and oxygen atoms in total. The van der Waals surface area contributed by atoms with E-state index in [2.05, 4.69) is 55.0 Å². The molecular formula is C30H37N7O2. The lowest BCUT2D eigenvalue weighted by Gasteiger charge is -2.26. The Kier molecular flexibility index (Phi) is 8.93. The van der Waals surface area contributed by atoms with Crippen molar-refractivity contribution in [1.82, 2.24) is 25.0 Å². The van der Waals surface area contributed by atoms with Crippen molar-refractivity contribution >= 4 is 34.8 Å². The molecule has 0 radical (unpaired) electrons. The number of pyridine rings is 1. The number of carbonyl (C=O) groups excluding carboxylic acids is 1. The minimum atomic E-state index is -0.251. The number of rotatable bonds is 9. The molecule has 9 heteroatoms. The van der Waals surface area contributed by atoms with Crippen molar-refractivity contribution in [2.45, 2.75) is 32.7 Å². The molecule has 0 aliphatic carbocycles. The summed E-state index contributed by atoms with van der Waals surface area (Å²) < 4.78 is 5.47. The van der Waals surface area contributed by atoms with E-state index in [0.29, 0.717) is 5.69 Å². The highest BCUT2D eigenvalue weighted by atomic mass is 16.5. The highest BCUT2D eigenvalue weighted by molar-refractivity contribution is 6.11. The van der Waals surface area contributed by atoms with Crippen LogP contribution in [0.5, 0.6) is 0 Å². The molecule has 2 aromatic heterocycles. The van der Waals surface area contributed by atoms with E-state index in [9.17, 15) is 4.79 Å². The van der Waals surface area contributed by atoms with Crippen LogP contribution in [0.15, 0.2) is 59.4 Å². The number of aromatic nitrogens is 3. The lowest BCUT2D eigenvalue weighted by molar-refractivity contribution is 0.0426. The molecule has 2 N–H and O–H groups in total. The van der Waals surface area contributed by atoms with Gasteiger partial charge in [-0.3, -0.25) is 29.7 Å². The zero-order valence-corrected chi connectivity index (χ0v) is 22.7. The molecule has 2 aliphatic heterocycles. The van der Waals surface area contributed by atoms with Gasteiger partial charge >= 0.3 is 0 Å². The smallest absolute Gasteiger partial charge is 0.276 e. The van der Waals surface area contributed by atoms with Crippen LogP contribution >= 0.6 is 0 Å². The maximum Gasteiger partial charge on any atom is 0.276 e. The van der Waals surface area contributed by atoms with Crippen LogP contribution in [0.25, 0.3) is 16.5 Å². The topological polar surface area (TPSA) is 98.7 Å². The summed E-state index contributed by atoms with van der Waals surface area (Å²) in [6.07, 6.45) is 9.46. The van der Waals surface area contributed by atoms with Gasteiger partial charge in [-0.1, -0.05) is 18.6 Å². The van der Waals surface area contributed by atoms with Gasteiger partial charge in [0.2, 0.25) is 0 Å². The standard InChI is InChI=1S/C30H37N7O2/c1-22(16-23(19-31-2)20-37-12-14-39-15-13-37)24-6-7-28-27(17-24)29(35-34-28)30(38)33-25-8-9-32-26(18-25)21-36-10-4-3-5-11-36/h6-9,16-19H,2-5,10-15,20-21H2,1H3,(H,34,35)(H,32,33,38)/b22-16+,23-19+. The Balaban J connectivity index is 1.31. The fraction of sp³-hybridized carbons (Fsp3) is 0.400. The number of allylic oxidation sites excluding steroid dienone is 1. The van der Waals surface area contributed by atoms with E-state index < -0.39 is 0 Å². The zero-order valence-electron chi connectivity index (χ0n) is 22.7. The van der Waals surface area contributed by atoms with Crippen LogP contribution < -0.4 is 5.32 Å². The number of morpholine rings is 1. The summed E-state index contributed by atoms with van der Waals surface area (Å²) in [7, 11) is 0. The highest BCUT2D eigenvalue weighted by Gasteiger charge is 2.17. The number of anilines is 1.